The zero-order valence-corrected chi connectivity index (χ0v) is 11.2. The van der Waals surface area contributed by atoms with Gasteiger partial charge in [0.15, 0.2) is 10.8 Å². The number of hydrogen-bond acceptors (Lipinski definition) is 6. The topological polar surface area (TPSA) is 92.3 Å². The Hall–Kier alpha value is -1.67. The van der Waals surface area contributed by atoms with Gasteiger partial charge < -0.3 is 5.32 Å². The predicted molar refractivity (Wildman–Crippen MR) is 68.9 cm³/mol. The van der Waals surface area contributed by atoms with Gasteiger partial charge in [-0.3, -0.25) is 19.3 Å². The summed E-state index contributed by atoms with van der Waals surface area (Å²) in [6, 6.07) is 2.89. The zero-order chi connectivity index (χ0) is 13.8. The molecule has 1 N–H and O–H groups in total. The van der Waals surface area contributed by atoms with Crippen LogP contribution in [0.3, 0.4) is 0 Å². The Kier molecular flexibility index (Phi) is 4.33. The normalized spacial score (nSPS) is 14.9. The number of carbonyl (C=O) groups excluding carboxylic acids is 3. The molecule has 0 spiro atoms. The van der Waals surface area contributed by atoms with Crippen molar-refractivity contribution in [3.8, 4) is 0 Å². The van der Waals surface area contributed by atoms with Crippen LogP contribution in [0.5, 0.6) is 0 Å². The van der Waals surface area contributed by atoms with Crippen molar-refractivity contribution in [1.82, 2.24) is 20.4 Å². The molecule has 1 aliphatic rings. The molecule has 1 aliphatic heterocycles. The molecule has 19 heavy (non-hydrogen) atoms. The number of amides is 3. The monoisotopic (exact) mass is 300 g/mol. The largest absolute Gasteiger partial charge is 0.349 e. The number of carbonyl (C=O) groups is 3. The lowest BCUT2D eigenvalue weighted by atomic mass is 10.3. The van der Waals surface area contributed by atoms with Crippen LogP contribution < -0.4 is 5.32 Å². The number of hydrogen-bond donors (Lipinski definition) is 1. The van der Waals surface area contributed by atoms with E-state index in [1.54, 1.807) is 0 Å². The Bertz CT molecular complexity index is 506. The highest BCUT2D eigenvalue weighted by molar-refractivity contribution is 8.14. The third-order valence-corrected chi connectivity index (χ3v) is 3.39. The second-order valence-electron chi connectivity index (χ2n) is 3.60. The highest BCUT2D eigenvalue weighted by Crippen LogP contribution is 2.17. The van der Waals surface area contributed by atoms with Gasteiger partial charge in [-0.05, 0) is 12.1 Å². The lowest BCUT2D eigenvalue weighted by Gasteiger charge is -2.12. The van der Waals surface area contributed by atoms with Gasteiger partial charge in [0.1, 0.15) is 0 Å². The summed E-state index contributed by atoms with van der Waals surface area (Å²) >= 11 is 6.51. The number of rotatable bonds is 4. The van der Waals surface area contributed by atoms with Gasteiger partial charge in [0.2, 0.25) is 5.91 Å². The highest BCUT2D eigenvalue weighted by Gasteiger charge is 2.29. The first-order valence-corrected chi connectivity index (χ1v) is 6.69. The van der Waals surface area contributed by atoms with Crippen molar-refractivity contribution in [2.45, 2.75) is 0 Å². The molecule has 7 nitrogen and oxygen atoms in total. The second kappa shape index (κ2) is 5.98. The summed E-state index contributed by atoms with van der Waals surface area (Å²) in [5, 5.41) is 9.61. The molecule has 0 unspecified atom stereocenters. The van der Waals surface area contributed by atoms with Gasteiger partial charge >= 0.3 is 0 Å². The number of thioether (sulfide) groups is 1. The summed E-state index contributed by atoms with van der Waals surface area (Å²) in [7, 11) is 0. The van der Waals surface area contributed by atoms with Gasteiger partial charge in [-0.2, -0.15) is 0 Å². The fourth-order valence-corrected chi connectivity index (χ4v) is 2.26. The molecule has 100 valence electrons. The molecule has 0 bridgehead atoms. The van der Waals surface area contributed by atoms with Crippen molar-refractivity contribution in [2.75, 3.05) is 18.8 Å². The van der Waals surface area contributed by atoms with Crippen LogP contribution in [-0.2, 0) is 4.79 Å². The van der Waals surface area contributed by atoms with Crippen molar-refractivity contribution >= 4 is 40.4 Å². The maximum Gasteiger partial charge on any atom is 0.288 e. The standard InChI is InChI=1S/C10H9ClN4O3S/c11-7-2-1-6(13-14-7)9(17)12-3-4-15-8(16)5-19-10(15)18/h1-2H,3-5H2,(H,12,17). The van der Waals surface area contributed by atoms with Crippen LogP contribution in [0, 0.1) is 0 Å². The van der Waals surface area contributed by atoms with Crippen molar-refractivity contribution in [3.63, 3.8) is 0 Å². The molecule has 2 heterocycles. The number of nitrogens with zero attached hydrogens (tertiary/aromatic N) is 3. The fraction of sp³-hybridized carbons (Fsp3) is 0.300. The number of nitrogens with one attached hydrogen (secondary N) is 1. The molecule has 0 atom stereocenters. The first-order valence-electron chi connectivity index (χ1n) is 5.32. The van der Waals surface area contributed by atoms with Crippen LogP contribution in [0.2, 0.25) is 5.15 Å². The molecular weight excluding hydrogens is 292 g/mol. The Balaban J connectivity index is 1.82. The number of halogens is 1. The van der Waals surface area contributed by atoms with Crippen molar-refractivity contribution in [3.05, 3.63) is 23.0 Å². The van der Waals surface area contributed by atoms with Crippen LogP contribution >= 0.6 is 23.4 Å². The minimum atomic E-state index is -0.434. The van der Waals surface area contributed by atoms with E-state index in [9.17, 15) is 14.4 Å². The summed E-state index contributed by atoms with van der Waals surface area (Å²) in [6.45, 7) is 0.318. The molecule has 1 fully saturated rings. The van der Waals surface area contributed by atoms with Crippen LogP contribution in [0.15, 0.2) is 12.1 Å². The van der Waals surface area contributed by atoms with E-state index in [2.05, 4.69) is 15.5 Å². The van der Waals surface area contributed by atoms with E-state index in [-0.39, 0.29) is 40.8 Å². The maximum atomic E-state index is 11.6. The maximum absolute atomic E-state index is 11.6. The first-order chi connectivity index (χ1) is 9.08. The van der Waals surface area contributed by atoms with E-state index in [4.69, 9.17) is 11.6 Å². The SMILES string of the molecule is O=C(NCCN1C(=O)CSC1=O)c1ccc(Cl)nn1. The first kappa shape index (κ1) is 13.8. The quantitative estimate of drug-likeness (QED) is 0.873. The Morgan fingerprint density at radius 2 is 2.21 bits per heavy atom. The van der Waals surface area contributed by atoms with E-state index in [0.29, 0.717) is 0 Å². The highest BCUT2D eigenvalue weighted by atomic mass is 35.5. The fourth-order valence-electron chi connectivity index (χ4n) is 1.41. The van der Waals surface area contributed by atoms with E-state index in [0.717, 1.165) is 16.7 Å². The lowest BCUT2D eigenvalue weighted by Crippen LogP contribution is -2.37. The molecule has 1 saturated heterocycles. The van der Waals surface area contributed by atoms with Crippen LogP contribution in [0.4, 0.5) is 4.79 Å². The van der Waals surface area contributed by atoms with Crippen molar-refractivity contribution < 1.29 is 14.4 Å². The summed E-state index contributed by atoms with van der Waals surface area (Å²) in [5.41, 5.74) is 0.123. The molecule has 0 aliphatic carbocycles. The predicted octanol–water partition coefficient (Wildman–Crippen LogP) is 0.555. The van der Waals surface area contributed by atoms with Gasteiger partial charge in [0.05, 0.1) is 5.75 Å². The third kappa shape index (κ3) is 3.42. The van der Waals surface area contributed by atoms with E-state index < -0.39 is 5.91 Å². The minimum absolute atomic E-state index is 0.123. The second-order valence-corrected chi connectivity index (χ2v) is 4.91. The van der Waals surface area contributed by atoms with E-state index in [1.165, 1.54) is 12.1 Å². The number of aromatic nitrogens is 2. The molecular formula is C10H9ClN4O3S. The molecule has 0 radical (unpaired) electrons. The zero-order valence-electron chi connectivity index (χ0n) is 9.63. The molecule has 0 saturated carbocycles. The van der Waals surface area contributed by atoms with Gasteiger partial charge in [0.25, 0.3) is 11.1 Å². The van der Waals surface area contributed by atoms with Gasteiger partial charge in [-0.1, -0.05) is 23.4 Å². The summed E-state index contributed by atoms with van der Waals surface area (Å²) in [4.78, 5) is 35.3. The van der Waals surface area contributed by atoms with Crippen molar-refractivity contribution in [2.24, 2.45) is 0 Å². The van der Waals surface area contributed by atoms with Crippen molar-refractivity contribution in [1.29, 1.82) is 0 Å². The van der Waals surface area contributed by atoms with Gasteiger partial charge in [-0.25, -0.2) is 0 Å². The van der Waals surface area contributed by atoms with Crippen LogP contribution in [0.1, 0.15) is 10.5 Å². The van der Waals surface area contributed by atoms with Gasteiger partial charge in [-0.15, -0.1) is 10.2 Å². The molecule has 2 rings (SSSR count). The number of imide groups is 1. The van der Waals surface area contributed by atoms with Gasteiger partial charge in [0, 0.05) is 13.1 Å². The summed E-state index contributed by atoms with van der Waals surface area (Å²) < 4.78 is 0. The molecule has 1 aromatic heterocycles. The minimum Gasteiger partial charge on any atom is -0.349 e. The van der Waals surface area contributed by atoms with E-state index in [1.807, 2.05) is 0 Å². The summed E-state index contributed by atoms with van der Waals surface area (Å²) in [6.07, 6.45) is 0. The van der Waals surface area contributed by atoms with E-state index >= 15 is 0 Å². The third-order valence-electron chi connectivity index (χ3n) is 2.33. The Labute approximate surface area is 117 Å². The smallest absolute Gasteiger partial charge is 0.288 e. The summed E-state index contributed by atoms with van der Waals surface area (Å²) in [5.74, 6) is -0.512. The lowest BCUT2D eigenvalue weighted by molar-refractivity contribution is -0.124. The average molecular weight is 301 g/mol. The molecule has 9 heteroatoms. The molecule has 1 aromatic rings. The van der Waals surface area contributed by atoms with Crippen LogP contribution in [0.25, 0.3) is 0 Å². The average Bonchev–Trinajstić information content (AvgIpc) is 2.71. The Morgan fingerprint density at radius 3 is 2.79 bits per heavy atom. The van der Waals surface area contributed by atoms with Crippen LogP contribution in [-0.4, -0.2) is 51.0 Å². The molecule has 3 amide bonds. The Morgan fingerprint density at radius 1 is 1.42 bits per heavy atom. The molecule has 0 aromatic carbocycles.